The van der Waals surface area contributed by atoms with E-state index in [0.29, 0.717) is 36.1 Å². The lowest BCUT2D eigenvalue weighted by Crippen LogP contribution is -2.26. The number of fused-ring (bicyclic) bond motifs is 1. The molecule has 1 N–H and O–H groups in total. The molecule has 1 atom stereocenters. The van der Waals surface area contributed by atoms with E-state index in [1.54, 1.807) is 23.6 Å². The molecule has 1 saturated heterocycles. The van der Waals surface area contributed by atoms with Crippen molar-refractivity contribution in [2.24, 2.45) is 0 Å². The Kier molecular flexibility index (Phi) is 5.03. The number of likely N-dealkylation sites (tertiary alicyclic amines) is 1. The van der Waals surface area contributed by atoms with Gasteiger partial charge in [-0.15, -0.1) is 0 Å². The van der Waals surface area contributed by atoms with Crippen LogP contribution in [-0.4, -0.2) is 57.7 Å². The molecule has 1 amide bonds. The van der Waals surface area contributed by atoms with E-state index < -0.39 is 0 Å². The Bertz CT molecular complexity index is 1060. The Morgan fingerprint density at radius 1 is 1.31 bits per heavy atom. The van der Waals surface area contributed by atoms with Gasteiger partial charge in [-0.2, -0.15) is 5.10 Å². The first-order chi connectivity index (χ1) is 14.1. The predicted molar refractivity (Wildman–Crippen MR) is 108 cm³/mol. The fourth-order valence-corrected chi connectivity index (χ4v) is 3.51. The van der Waals surface area contributed by atoms with E-state index in [1.807, 2.05) is 24.4 Å². The first kappa shape index (κ1) is 18.7. The molecule has 3 heterocycles. The summed E-state index contributed by atoms with van der Waals surface area (Å²) in [6, 6.07) is 5.53. The molecule has 1 aromatic carbocycles. The minimum atomic E-state index is -0.0574. The number of carbonyl (C=O) groups excluding carboxylic acids is 1. The number of nitrogens with zero attached hydrogens (tertiary/aromatic N) is 5. The molecular formula is C20H22N6O3. The van der Waals surface area contributed by atoms with Crippen LogP contribution in [0.2, 0.25) is 0 Å². The number of anilines is 2. The Labute approximate surface area is 168 Å². The van der Waals surface area contributed by atoms with Gasteiger partial charge in [0.25, 0.3) is 0 Å². The number of aromatic nitrogens is 4. The summed E-state index contributed by atoms with van der Waals surface area (Å²) in [7, 11) is 3.19. The van der Waals surface area contributed by atoms with Crippen molar-refractivity contribution in [3.05, 3.63) is 49.1 Å². The highest BCUT2D eigenvalue weighted by Crippen LogP contribution is 2.32. The van der Waals surface area contributed by atoms with Crippen LogP contribution in [0.1, 0.15) is 18.0 Å². The summed E-state index contributed by atoms with van der Waals surface area (Å²) in [5, 5.41) is 7.57. The van der Waals surface area contributed by atoms with Gasteiger partial charge in [-0.05, 0) is 24.6 Å². The van der Waals surface area contributed by atoms with Gasteiger partial charge in [0.1, 0.15) is 6.33 Å². The molecule has 1 fully saturated rings. The summed E-state index contributed by atoms with van der Waals surface area (Å²) in [5.41, 5.74) is 2.25. The van der Waals surface area contributed by atoms with Gasteiger partial charge in [0.05, 0.1) is 26.1 Å². The van der Waals surface area contributed by atoms with Crippen LogP contribution < -0.4 is 14.8 Å². The number of hydrogen-bond donors (Lipinski definition) is 1. The van der Waals surface area contributed by atoms with E-state index in [0.717, 1.165) is 17.8 Å². The van der Waals surface area contributed by atoms with Crippen molar-refractivity contribution in [1.29, 1.82) is 0 Å². The van der Waals surface area contributed by atoms with E-state index in [9.17, 15) is 4.79 Å². The zero-order valence-corrected chi connectivity index (χ0v) is 16.3. The average molecular weight is 394 g/mol. The standard InChI is InChI=1S/C20H22N6O3/c1-4-18(27)25-8-7-13(10-25)15-11-26-20(21-12-22-26)19(24-15)23-14-5-6-16(28-2)17(9-14)29-3/h4-6,9,11-13H,1,7-8,10H2,2-3H3,(H,23,24)/t13-/m0/s1. The fraction of sp³-hybridized carbons (Fsp3) is 0.300. The van der Waals surface area contributed by atoms with Crippen LogP contribution in [0.15, 0.2) is 43.4 Å². The molecule has 0 spiro atoms. The van der Waals surface area contributed by atoms with Gasteiger partial charge >= 0.3 is 0 Å². The second-order valence-electron chi connectivity index (χ2n) is 6.71. The van der Waals surface area contributed by atoms with Crippen molar-refractivity contribution in [2.75, 3.05) is 32.6 Å². The lowest BCUT2D eigenvalue weighted by Gasteiger charge is -2.15. The van der Waals surface area contributed by atoms with E-state index in [-0.39, 0.29) is 11.8 Å². The number of benzene rings is 1. The van der Waals surface area contributed by atoms with E-state index in [4.69, 9.17) is 14.5 Å². The van der Waals surface area contributed by atoms with Crippen LogP contribution in [0.25, 0.3) is 5.65 Å². The van der Waals surface area contributed by atoms with Crippen LogP contribution >= 0.6 is 0 Å². The maximum absolute atomic E-state index is 11.9. The highest BCUT2D eigenvalue weighted by molar-refractivity contribution is 5.87. The summed E-state index contributed by atoms with van der Waals surface area (Å²) in [6.07, 6.45) is 5.54. The molecule has 9 nitrogen and oxygen atoms in total. The summed E-state index contributed by atoms with van der Waals surface area (Å²) in [5.74, 6) is 1.91. The summed E-state index contributed by atoms with van der Waals surface area (Å²) in [4.78, 5) is 22.8. The molecular weight excluding hydrogens is 372 g/mol. The smallest absolute Gasteiger partial charge is 0.245 e. The molecule has 150 valence electrons. The van der Waals surface area contributed by atoms with Crippen molar-refractivity contribution in [2.45, 2.75) is 12.3 Å². The molecule has 0 radical (unpaired) electrons. The van der Waals surface area contributed by atoms with Crippen LogP contribution in [0.4, 0.5) is 11.5 Å². The molecule has 0 saturated carbocycles. The van der Waals surface area contributed by atoms with E-state index >= 15 is 0 Å². The van der Waals surface area contributed by atoms with Crippen molar-refractivity contribution in [1.82, 2.24) is 24.5 Å². The van der Waals surface area contributed by atoms with Crippen molar-refractivity contribution in [3.63, 3.8) is 0 Å². The quantitative estimate of drug-likeness (QED) is 0.642. The molecule has 29 heavy (non-hydrogen) atoms. The van der Waals surface area contributed by atoms with Crippen LogP contribution in [0.3, 0.4) is 0 Å². The average Bonchev–Trinajstić information content (AvgIpc) is 3.42. The van der Waals surface area contributed by atoms with E-state index in [1.165, 1.54) is 12.4 Å². The van der Waals surface area contributed by atoms with Gasteiger partial charge < -0.3 is 19.7 Å². The van der Waals surface area contributed by atoms with Crippen LogP contribution in [-0.2, 0) is 4.79 Å². The zero-order chi connectivity index (χ0) is 20.4. The second-order valence-corrected chi connectivity index (χ2v) is 6.71. The topological polar surface area (TPSA) is 93.9 Å². The maximum atomic E-state index is 11.9. The summed E-state index contributed by atoms with van der Waals surface area (Å²) in [6.45, 7) is 4.86. The molecule has 9 heteroatoms. The van der Waals surface area contributed by atoms with Crippen molar-refractivity contribution < 1.29 is 14.3 Å². The van der Waals surface area contributed by atoms with E-state index in [2.05, 4.69) is 22.0 Å². The third-order valence-electron chi connectivity index (χ3n) is 5.02. The number of amides is 1. The van der Waals surface area contributed by atoms with Gasteiger partial charge in [0.2, 0.25) is 5.91 Å². The monoisotopic (exact) mass is 394 g/mol. The third kappa shape index (κ3) is 3.58. The largest absolute Gasteiger partial charge is 0.493 e. The van der Waals surface area contributed by atoms with Gasteiger partial charge in [0, 0.05) is 30.8 Å². The van der Waals surface area contributed by atoms with Gasteiger partial charge in [-0.3, -0.25) is 4.79 Å². The molecule has 0 unspecified atom stereocenters. The maximum Gasteiger partial charge on any atom is 0.245 e. The zero-order valence-electron chi connectivity index (χ0n) is 16.3. The molecule has 0 aliphatic carbocycles. The number of carbonyl (C=O) groups is 1. The van der Waals surface area contributed by atoms with Gasteiger partial charge in [-0.25, -0.2) is 14.5 Å². The first-order valence-electron chi connectivity index (χ1n) is 9.23. The van der Waals surface area contributed by atoms with Crippen LogP contribution in [0.5, 0.6) is 11.5 Å². The van der Waals surface area contributed by atoms with Crippen molar-refractivity contribution >= 4 is 23.1 Å². The first-order valence-corrected chi connectivity index (χ1v) is 9.23. The SMILES string of the molecule is C=CC(=O)N1CC[C@H](c2cn3ncnc3c(Nc3ccc(OC)c(OC)c3)n2)C1. The predicted octanol–water partition coefficient (Wildman–Crippen LogP) is 2.39. The number of methoxy groups -OCH3 is 2. The van der Waals surface area contributed by atoms with Gasteiger partial charge in [0.15, 0.2) is 23.0 Å². The Morgan fingerprint density at radius 3 is 2.90 bits per heavy atom. The fourth-order valence-electron chi connectivity index (χ4n) is 3.51. The Hall–Kier alpha value is -3.62. The molecule has 0 bridgehead atoms. The Morgan fingerprint density at radius 2 is 2.14 bits per heavy atom. The third-order valence-corrected chi connectivity index (χ3v) is 5.02. The van der Waals surface area contributed by atoms with Crippen LogP contribution in [0, 0.1) is 0 Å². The molecule has 1 aliphatic rings. The lowest BCUT2D eigenvalue weighted by molar-refractivity contribution is -0.125. The number of nitrogens with one attached hydrogen (secondary N) is 1. The molecule has 4 rings (SSSR count). The second kappa shape index (κ2) is 7.78. The highest BCUT2D eigenvalue weighted by atomic mass is 16.5. The van der Waals surface area contributed by atoms with Crippen molar-refractivity contribution in [3.8, 4) is 11.5 Å². The molecule has 3 aromatic rings. The summed E-state index contributed by atoms with van der Waals surface area (Å²) < 4.78 is 12.4. The lowest BCUT2D eigenvalue weighted by atomic mass is 10.1. The number of rotatable bonds is 6. The molecule has 2 aromatic heterocycles. The number of hydrogen-bond acceptors (Lipinski definition) is 7. The molecule has 1 aliphatic heterocycles. The summed E-state index contributed by atoms with van der Waals surface area (Å²) >= 11 is 0. The Balaban J connectivity index is 1.66. The minimum Gasteiger partial charge on any atom is -0.493 e. The normalized spacial score (nSPS) is 16.1. The highest BCUT2D eigenvalue weighted by Gasteiger charge is 2.28. The minimum absolute atomic E-state index is 0.0574. The number of ether oxygens (including phenoxy) is 2. The van der Waals surface area contributed by atoms with Gasteiger partial charge in [-0.1, -0.05) is 6.58 Å².